The summed E-state index contributed by atoms with van der Waals surface area (Å²) in [7, 11) is 0. The predicted molar refractivity (Wildman–Crippen MR) is 104 cm³/mol. The van der Waals surface area contributed by atoms with Gasteiger partial charge in [-0.05, 0) is 19.8 Å². The standard InChI is InChI=1S/C21H41N3/c1-4-6-7-8-9-10-11-12-13-14-15-16-17-18-21(3,5-2)24-20-22-19-23-24/h19-20H,4-18H2,1-3H3. The summed E-state index contributed by atoms with van der Waals surface area (Å²) in [6.07, 6.45) is 24.3. The average Bonchev–Trinajstić information content (AvgIpc) is 3.14. The van der Waals surface area contributed by atoms with Gasteiger partial charge in [-0.1, -0.05) is 97.3 Å². The predicted octanol–water partition coefficient (Wildman–Crippen LogP) is 6.88. The molecule has 0 aromatic carbocycles. The van der Waals surface area contributed by atoms with E-state index >= 15 is 0 Å². The molecule has 1 heterocycles. The highest BCUT2D eigenvalue weighted by Crippen LogP contribution is 2.26. The number of nitrogens with zero attached hydrogens (tertiary/aromatic N) is 3. The van der Waals surface area contributed by atoms with Crippen molar-refractivity contribution in [2.75, 3.05) is 0 Å². The van der Waals surface area contributed by atoms with Crippen molar-refractivity contribution in [3.63, 3.8) is 0 Å². The van der Waals surface area contributed by atoms with Crippen LogP contribution in [0.4, 0.5) is 0 Å². The lowest BCUT2D eigenvalue weighted by atomic mass is 9.91. The zero-order valence-corrected chi connectivity index (χ0v) is 16.6. The third-order valence-electron chi connectivity index (χ3n) is 5.55. The van der Waals surface area contributed by atoms with Crippen molar-refractivity contribution in [3.8, 4) is 0 Å². The van der Waals surface area contributed by atoms with Crippen LogP contribution in [0.25, 0.3) is 0 Å². The molecule has 1 atom stereocenters. The molecule has 1 unspecified atom stereocenters. The van der Waals surface area contributed by atoms with Gasteiger partial charge in [0.2, 0.25) is 0 Å². The maximum Gasteiger partial charge on any atom is 0.137 e. The minimum absolute atomic E-state index is 0.147. The molecule has 24 heavy (non-hydrogen) atoms. The van der Waals surface area contributed by atoms with Crippen LogP contribution in [0, 0.1) is 0 Å². The molecule has 0 amide bonds. The van der Waals surface area contributed by atoms with Gasteiger partial charge >= 0.3 is 0 Å². The number of aromatic nitrogens is 3. The fourth-order valence-corrected chi connectivity index (χ4v) is 3.46. The van der Waals surface area contributed by atoms with Gasteiger partial charge in [-0.25, -0.2) is 9.67 Å². The van der Waals surface area contributed by atoms with Crippen LogP contribution in [0.3, 0.4) is 0 Å². The molecular formula is C21H41N3. The van der Waals surface area contributed by atoms with E-state index in [1.807, 2.05) is 11.0 Å². The van der Waals surface area contributed by atoms with Crippen LogP contribution < -0.4 is 0 Å². The molecule has 0 aliphatic heterocycles. The van der Waals surface area contributed by atoms with Gasteiger partial charge in [-0.2, -0.15) is 5.10 Å². The lowest BCUT2D eigenvalue weighted by Gasteiger charge is -2.28. The Morgan fingerprint density at radius 3 is 1.67 bits per heavy atom. The second-order valence-corrected chi connectivity index (χ2v) is 7.68. The van der Waals surface area contributed by atoms with Gasteiger partial charge in [0.15, 0.2) is 0 Å². The maximum absolute atomic E-state index is 4.34. The molecule has 0 N–H and O–H groups in total. The minimum Gasteiger partial charge on any atom is -0.247 e. The van der Waals surface area contributed by atoms with E-state index in [1.54, 1.807) is 6.33 Å². The van der Waals surface area contributed by atoms with E-state index in [0.29, 0.717) is 0 Å². The topological polar surface area (TPSA) is 30.7 Å². The number of unbranched alkanes of at least 4 members (excludes halogenated alkanes) is 12. The van der Waals surface area contributed by atoms with Gasteiger partial charge in [0.05, 0.1) is 5.54 Å². The third kappa shape index (κ3) is 8.84. The van der Waals surface area contributed by atoms with Crippen LogP contribution >= 0.6 is 0 Å². The molecule has 0 aliphatic rings. The smallest absolute Gasteiger partial charge is 0.137 e. The molecule has 3 nitrogen and oxygen atoms in total. The molecule has 0 radical (unpaired) electrons. The van der Waals surface area contributed by atoms with Gasteiger partial charge < -0.3 is 0 Å². The second-order valence-electron chi connectivity index (χ2n) is 7.68. The normalized spacial score (nSPS) is 14.0. The van der Waals surface area contributed by atoms with E-state index in [1.165, 1.54) is 89.9 Å². The Morgan fingerprint density at radius 1 is 0.750 bits per heavy atom. The van der Waals surface area contributed by atoms with Crippen molar-refractivity contribution in [2.24, 2.45) is 0 Å². The van der Waals surface area contributed by atoms with E-state index < -0.39 is 0 Å². The minimum atomic E-state index is 0.147. The van der Waals surface area contributed by atoms with Crippen molar-refractivity contribution in [1.82, 2.24) is 14.8 Å². The van der Waals surface area contributed by atoms with Crippen molar-refractivity contribution in [3.05, 3.63) is 12.7 Å². The van der Waals surface area contributed by atoms with Gasteiger partial charge in [-0.3, -0.25) is 0 Å². The third-order valence-corrected chi connectivity index (χ3v) is 5.55. The molecule has 1 aromatic heterocycles. The number of rotatable bonds is 16. The molecule has 1 aromatic rings. The molecule has 0 saturated heterocycles. The molecule has 0 fully saturated rings. The lowest BCUT2D eigenvalue weighted by molar-refractivity contribution is 0.244. The second kappa shape index (κ2) is 13.4. The Labute approximate surface area is 150 Å². The SMILES string of the molecule is CCCCCCCCCCCCCCCC(C)(CC)n1cncn1. The van der Waals surface area contributed by atoms with Crippen LogP contribution in [0.2, 0.25) is 0 Å². The monoisotopic (exact) mass is 335 g/mol. The highest BCUT2D eigenvalue weighted by atomic mass is 15.3. The maximum atomic E-state index is 4.34. The van der Waals surface area contributed by atoms with Gasteiger partial charge in [0.25, 0.3) is 0 Å². The van der Waals surface area contributed by atoms with Crippen molar-refractivity contribution < 1.29 is 0 Å². The summed E-state index contributed by atoms with van der Waals surface area (Å²) in [5, 5.41) is 4.34. The highest BCUT2D eigenvalue weighted by Gasteiger charge is 2.24. The Bertz CT molecular complexity index is 374. The first-order valence-corrected chi connectivity index (χ1v) is 10.6. The Morgan fingerprint density at radius 2 is 1.25 bits per heavy atom. The van der Waals surface area contributed by atoms with E-state index in [4.69, 9.17) is 0 Å². The first kappa shape index (κ1) is 21.2. The molecule has 0 spiro atoms. The first-order chi connectivity index (χ1) is 11.7. The van der Waals surface area contributed by atoms with E-state index in [2.05, 4.69) is 30.9 Å². The van der Waals surface area contributed by atoms with Crippen LogP contribution in [0.1, 0.15) is 117 Å². The Hall–Kier alpha value is -0.860. The van der Waals surface area contributed by atoms with Crippen LogP contribution in [-0.4, -0.2) is 14.8 Å². The number of hydrogen-bond donors (Lipinski definition) is 0. The van der Waals surface area contributed by atoms with Crippen molar-refractivity contribution in [2.45, 2.75) is 123 Å². The lowest BCUT2D eigenvalue weighted by Crippen LogP contribution is -2.29. The molecule has 0 aliphatic carbocycles. The summed E-state index contributed by atoms with van der Waals surface area (Å²) >= 11 is 0. The van der Waals surface area contributed by atoms with E-state index in [9.17, 15) is 0 Å². The molecule has 0 bridgehead atoms. The number of hydrogen-bond acceptors (Lipinski definition) is 2. The average molecular weight is 336 g/mol. The molecule has 3 heteroatoms. The van der Waals surface area contributed by atoms with Gasteiger partial charge in [-0.15, -0.1) is 0 Å². The molecule has 1 rings (SSSR count). The zero-order valence-electron chi connectivity index (χ0n) is 16.6. The summed E-state index contributed by atoms with van der Waals surface area (Å²) in [5.41, 5.74) is 0.147. The largest absolute Gasteiger partial charge is 0.247 e. The summed E-state index contributed by atoms with van der Waals surface area (Å²) in [6.45, 7) is 6.85. The Kier molecular flexibility index (Phi) is 11.9. The summed E-state index contributed by atoms with van der Waals surface area (Å²) in [4.78, 5) is 4.10. The fourth-order valence-electron chi connectivity index (χ4n) is 3.46. The van der Waals surface area contributed by atoms with Gasteiger partial charge in [0.1, 0.15) is 12.7 Å². The molecular weight excluding hydrogens is 294 g/mol. The van der Waals surface area contributed by atoms with Crippen molar-refractivity contribution >= 4 is 0 Å². The summed E-state index contributed by atoms with van der Waals surface area (Å²) in [5.74, 6) is 0. The first-order valence-electron chi connectivity index (χ1n) is 10.6. The highest BCUT2D eigenvalue weighted by molar-refractivity contribution is 4.80. The molecule has 140 valence electrons. The Balaban J connectivity index is 1.92. The van der Waals surface area contributed by atoms with Crippen LogP contribution in [0.5, 0.6) is 0 Å². The van der Waals surface area contributed by atoms with Crippen molar-refractivity contribution in [1.29, 1.82) is 0 Å². The van der Waals surface area contributed by atoms with Gasteiger partial charge in [0, 0.05) is 0 Å². The fraction of sp³-hybridized carbons (Fsp3) is 0.905. The zero-order chi connectivity index (χ0) is 17.5. The molecule has 0 saturated carbocycles. The summed E-state index contributed by atoms with van der Waals surface area (Å²) in [6, 6.07) is 0. The van der Waals surface area contributed by atoms with Crippen LogP contribution in [0.15, 0.2) is 12.7 Å². The van der Waals surface area contributed by atoms with E-state index in [-0.39, 0.29) is 5.54 Å². The quantitative estimate of drug-likeness (QED) is 0.308. The van der Waals surface area contributed by atoms with Crippen LogP contribution in [-0.2, 0) is 5.54 Å². The summed E-state index contributed by atoms with van der Waals surface area (Å²) < 4.78 is 2.05. The van der Waals surface area contributed by atoms with E-state index in [0.717, 1.165) is 6.42 Å².